The van der Waals surface area contributed by atoms with Crippen LogP contribution in [0.2, 0.25) is 0 Å². The minimum atomic E-state index is 0.453. The number of hydrogen-bond donors (Lipinski definition) is 1. The molecule has 82 valence electrons. The first-order chi connectivity index (χ1) is 6.79. The molecule has 2 rings (SSSR count). The van der Waals surface area contributed by atoms with Crippen molar-refractivity contribution in [2.75, 3.05) is 53.0 Å². The Morgan fingerprint density at radius 3 is 2.86 bits per heavy atom. The molecule has 0 aromatic carbocycles. The van der Waals surface area contributed by atoms with Crippen molar-refractivity contribution >= 4 is 0 Å². The van der Waals surface area contributed by atoms with E-state index in [4.69, 9.17) is 10.5 Å². The van der Waals surface area contributed by atoms with E-state index in [1.807, 2.05) is 0 Å². The van der Waals surface area contributed by atoms with Gasteiger partial charge >= 0.3 is 0 Å². The molecule has 1 unspecified atom stereocenters. The molecular weight excluding hydrogens is 178 g/mol. The fraction of sp³-hybridized carbons (Fsp3) is 1.00. The number of likely N-dealkylation sites (tertiary alicyclic amines) is 1. The van der Waals surface area contributed by atoms with Crippen LogP contribution in [0.3, 0.4) is 0 Å². The predicted octanol–water partition coefficient (Wildman–Crippen LogP) is -0.792. The lowest BCUT2D eigenvalue weighted by atomic mass is 9.99. The molecule has 2 heterocycles. The summed E-state index contributed by atoms with van der Waals surface area (Å²) in [7, 11) is 2.18. The molecular formula is C10H21N3O. The van der Waals surface area contributed by atoms with Gasteiger partial charge in [-0.05, 0) is 13.0 Å². The maximum atomic E-state index is 5.72. The van der Waals surface area contributed by atoms with Gasteiger partial charge in [-0.2, -0.15) is 0 Å². The molecule has 2 saturated heterocycles. The van der Waals surface area contributed by atoms with Crippen LogP contribution in [0.25, 0.3) is 0 Å². The zero-order chi connectivity index (χ0) is 9.97. The van der Waals surface area contributed by atoms with Crippen LogP contribution < -0.4 is 5.73 Å². The first-order valence-electron chi connectivity index (χ1n) is 5.50. The van der Waals surface area contributed by atoms with E-state index >= 15 is 0 Å². The SMILES string of the molecule is CN1CC(CN2CCOCC2CN)C1. The third-order valence-corrected chi connectivity index (χ3v) is 3.25. The summed E-state index contributed by atoms with van der Waals surface area (Å²) >= 11 is 0. The second kappa shape index (κ2) is 4.57. The average molecular weight is 199 g/mol. The lowest BCUT2D eigenvalue weighted by Gasteiger charge is -2.43. The number of nitrogens with two attached hydrogens (primary N) is 1. The summed E-state index contributed by atoms with van der Waals surface area (Å²) in [5.41, 5.74) is 5.72. The van der Waals surface area contributed by atoms with E-state index < -0.39 is 0 Å². The van der Waals surface area contributed by atoms with Crippen molar-refractivity contribution in [2.24, 2.45) is 11.7 Å². The highest BCUT2D eigenvalue weighted by molar-refractivity contribution is 4.84. The van der Waals surface area contributed by atoms with Crippen LogP contribution in [0.4, 0.5) is 0 Å². The van der Waals surface area contributed by atoms with Gasteiger partial charge in [0, 0.05) is 38.8 Å². The zero-order valence-electron chi connectivity index (χ0n) is 8.98. The lowest BCUT2D eigenvalue weighted by Crippen LogP contribution is -2.55. The van der Waals surface area contributed by atoms with Crippen molar-refractivity contribution in [3.8, 4) is 0 Å². The number of hydrogen-bond acceptors (Lipinski definition) is 4. The Morgan fingerprint density at radius 1 is 1.43 bits per heavy atom. The predicted molar refractivity (Wildman–Crippen MR) is 56.2 cm³/mol. The van der Waals surface area contributed by atoms with Crippen LogP contribution >= 0.6 is 0 Å². The molecule has 4 nitrogen and oxygen atoms in total. The van der Waals surface area contributed by atoms with E-state index in [0.29, 0.717) is 6.04 Å². The highest BCUT2D eigenvalue weighted by Crippen LogP contribution is 2.16. The molecule has 2 fully saturated rings. The van der Waals surface area contributed by atoms with Crippen molar-refractivity contribution in [1.82, 2.24) is 9.80 Å². The number of morpholine rings is 1. The van der Waals surface area contributed by atoms with Gasteiger partial charge in [0.1, 0.15) is 0 Å². The Balaban J connectivity index is 1.77. The molecule has 0 radical (unpaired) electrons. The van der Waals surface area contributed by atoms with Crippen LogP contribution in [-0.4, -0.2) is 68.8 Å². The molecule has 1 atom stereocenters. The standard InChI is InChI=1S/C10H21N3O/c1-12-5-9(6-12)7-13-2-3-14-8-10(13)4-11/h9-10H,2-8,11H2,1H3. The Kier molecular flexibility index (Phi) is 3.38. The fourth-order valence-corrected chi connectivity index (χ4v) is 2.42. The van der Waals surface area contributed by atoms with E-state index in [9.17, 15) is 0 Å². The van der Waals surface area contributed by atoms with Gasteiger partial charge in [0.05, 0.1) is 13.2 Å². The maximum absolute atomic E-state index is 5.72. The molecule has 0 aromatic heterocycles. The second-order valence-corrected chi connectivity index (χ2v) is 4.55. The molecule has 0 aliphatic carbocycles. The highest BCUT2D eigenvalue weighted by atomic mass is 16.5. The smallest absolute Gasteiger partial charge is 0.0634 e. The van der Waals surface area contributed by atoms with Crippen molar-refractivity contribution in [3.05, 3.63) is 0 Å². The van der Waals surface area contributed by atoms with Gasteiger partial charge in [0.15, 0.2) is 0 Å². The third-order valence-electron chi connectivity index (χ3n) is 3.25. The molecule has 0 saturated carbocycles. The molecule has 2 N–H and O–H groups in total. The minimum absolute atomic E-state index is 0.453. The monoisotopic (exact) mass is 199 g/mol. The van der Waals surface area contributed by atoms with Gasteiger partial charge in [-0.3, -0.25) is 4.90 Å². The summed E-state index contributed by atoms with van der Waals surface area (Å²) in [5.74, 6) is 0.854. The summed E-state index contributed by atoms with van der Waals surface area (Å²) in [4.78, 5) is 4.86. The van der Waals surface area contributed by atoms with Gasteiger partial charge in [0.25, 0.3) is 0 Å². The van der Waals surface area contributed by atoms with Crippen LogP contribution in [0, 0.1) is 5.92 Å². The van der Waals surface area contributed by atoms with Crippen LogP contribution in [-0.2, 0) is 4.74 Å². The van der Waals surface area contributed by atoms with Gasteiger partial charge in [0.2, 0.25) is 0 Å². The molecule has 0 spiro atoms. The van der Waals surface area contributed by atoms with Crippen molar-refractivity contribution < 1.29 is 4.74 Å². The third kappa shape index (κ3) is 2.25. The van der Waals surface area contributed by atoms with Crippen molar-refractivity contribution in [3.63, 3.8) is 0 Å². The first-order valence-corrected chi connectivity index (χ1v) is 5.50. The zero-order valence-corrected chi connectivity index (χ0v) is 8.98. The number of nitrogens with zero attached hydrogens (tertiary/aromatic N) is 2. The normalized spacial score (nSPS) is 31.7. The number of ether oxygens (including phenoxy) is 1. The molecule has 4 heteroatoms. The molecule has 0 aromatic rings. The summed E-state index contributed by atoms with van der Waals surface area (Å²) in [6.45, 7) is 7.17. The summed E-state index contributed by atoms with van der Waals surface area (Å²) in [6.07, 6.45) is 0. The van der Waals surface area contributed by atoms with Gasteiger partial charge < -0.3 is 15.4 Å². The summed E-state index contributed by atoms with van der Waals surface area (Å²) < 4.78 is 5.43. The Morgan fingerprint density at radius 2 is 2.21 bits per heavy atom. The fourth-order valence-electron chi connectivity index (χ4n) is 2.42. The molecule has 0 bridgehead atoms. The molecule has 0 amide bonds. The second-order valence-electron chi connectivity index (χ2n) is 4.55. The van der Waals surface area contributed by atoms with E-state index in [-0.39, 0.29) is 0 Å². The maximum Gasteiger partial charge on any atom is 0.0634 e. The van der Waals surface area contributed by atoms with Gasteiger partial charge in [-0.15, -0.1) is 0 Å². The van der Waals surface area contributed by atoms with Crippen molar-refractivity contribution in [2.45, 2.75) is 6.04 Å². The molecule has 2 aliphatic rings. The van der Waals surface area contributed by atoms with Crippen molar-refractivity contribution in [1.29, 1.82) is 0 Å². The average Bonchev–Trinajstić information content (AvgIpc) is 2.16. The Labute approximate surface area is 86.0 Å². The van der Waals surface area contributed by atoms with Crippen LogP contribution in [0.5, 0.6) is 0 Å². The van der Waals surface area contributed by atoms with E-state index in [1.54, 1.807) is 0 Å². The largest absolute Gasteiger partial charge is 0.378 e. The van der Waals surface area contributed by atoms with E-state index in [2.05, 4.69) is 16.8 Å². The lowest BCUT2D eigenvalue weighted by molar-refractivity contribution is -0.0247. The Bertz CT molecular complexity index is 182. The van der Waals surface area contributed by atoms with Crippen LogP contribution in [0.15, 0.2) is 0 Å². The highest BCUT2D eigenvalue weighted by Gasteiger charge is 2.29. The van der Waals surface area contributed by atoms with E-state index in [0.717, 1.165) is 32.2 Å². The van der Waals surface area contributed by atoms with Crippen LogP contribution in [0.1, 0.15) is 0 Å². The Hall–Kier alpha value is -0.160. The molecule has 14 heavy (non-hydrogen) atoms. The topological polar surface area (TPSA) is 41.7 Å². The first kappa shape index (κ1) is 10.4. The van der Waals surface area contributed by atoms with Gasteiger partial charge in [-0.25, -0.2) is 0 Å². The summed E-state index contributed by atoms with van der Waals surface area (Å²) in [5, 5.41) is 0. The summed E-state index contributed by atoms with van der Waals surface area (Å²) in [6, 6.07) is 0.453. The minimum Gasteiger partial charge on any atom is -0.378 e. The van der Waals surface area contributed by atoms with E-state index in [1.165, 1.54) is 19.6 Å². The quantitative estimate of drug-likeness (QED) is 0.646. The molecule has 2 aliphatic heterocycles. The number of rotatable bonds is 3. The van der Waals surface area contributed by atoms with Gasteiger partial charge in [-0.1, -0.05) is 0 Å².